The summed E-state index contributed by atoms with van der Waals surface area (Å²) < 4.78 is 16.1. The third-order valence-electron chi connectivity index (χ3n) is 4.44. The highest BCUT2D eigenvalue weighted by molar-refractivity contribution is 5.96. The van der Waals surface area contributed by atoms with Crippen molar-refractivity contribution in [1.29, 1.82) is 0 Å². The molecule has 0 aliphatic rings. The van der Waals surface area contributed by atoms with Gasteiger partial charge in [-0.25, -0.2) is 4.79 Å². The average molecular weight is 381 g/mol. The van der Waals surface area contributed by atoms with E-state index in [4.69, 9.17) is 13.9 Å². The van der Waals surface area contributed by atoms with Crippen molar-refractivity contribution in [3.8, 4) is 5.75 Å². The van der Waals surface area contributed by atoms with E-state index in [9.17, 15) is 9.59 Å². The van der Waals surface area contributed by atoms with Crippen LogP contribution in [0.4, 0.5) is 0 Å². The van der Waals surface area contributed by atoms with Crippen LogP contribution in [0.1, 0.15) is 35.0 Å². The van der Waals surface area contributed by atoms with E-state index in [2.05, 4.69) is 5.32 Å². The highest BCUT2D eigenvalue weighted by Gasteiger charge is 2.21. The molecule has 28 heavy (non-hydrogen) atoms. The number of carbonyl (C=O) groups excluding carboxylic acids is 2. The minimum absolute atomic E-state index is 0.119. The SMILES string of the molecule is CCOC(=O)c1oc2ccccc2c1CNC(=O)CCc1ccccc1OC. The monoisotopic (exact) mass is 381 g/mol. The zero-order valence-corrected chi connectivity index (χ0v) is 16.0. The number of methoxy groups -OCH3 is 1. The van der Waals surface area contributed by atoms with Crippen LogP contribution in [0.3, 0.4) is 0 Å². The van der Waals surface area contributed by atoms with E-state index in [-0.39, 0.29) is 24.8 Å². The fourth-order valence-corrected chi connectivity index (χ4v) is 3.07. The number of carbonyl (C=O) groups is 2. The van der Waals surface area contributed by atoms with Crippen molar-refractivity contribution in [2.24, 2.45) is 0 Å². The van der Waals surface area contributed by atoms with Gasteiger partial charge in [0.1, 0.15) is 11.3 Å². The largest absolute Gasteiger partial charge is 0.496 e. The number of hydrogen-bond donors (Lipinski definition) is 1. The first-order chi connectivity index (χ1) is 13.6. The Balaban J connectivity index is 1.69. The molecule has 0 saturated heterocycles. The smallest absolute Gasteiger partial charge is 0.374 e. The second kappa shape index (κ2) is 9.08. The quantitative estimate of drug-likeness (QED) is 0.600. The Hall–Kier alpha value is -3.28. The van der Waals surface area contributed by atoms with Gasteiger partial charge < -0.3 is 19.2 Å². The summed E-state index contributed by atoms with van der Waals surface area (Å²) in [6.45, 7) is 2.18. The molecular weight excluding hydrogens is 358 g/mol. The van der Waals surface area contributed by atoms with E-state index < -0.39 is 5.97 Å². The fraction of sp³-hybridized carbons (Fsp3) is 0.273. The van der Waals surface area contributed by atoms with Gasteiger partial charge in [-0.2, -0.15) is 0 Å². The molecule has 2 aromatic carbocycles. The second-order valence-electron chi connectivity index (χ2n) is 6.21. The first-order valence-corrected chi connectivity index (χ1v) is 9.20. The van der Waals surface area contributed by atoms with Gasteiger partial charge in [-0.15, -0.1) is 0 Å². The van der Waals surface area contributed by atoms with Crippen molar-refractivity contribution in [2.45, 2.75) is 26.3 Å². The normalized spacial score (nSPS) is 10.6. The summed E-state index contributed by atoms with van der Waals surface area (Å²) in [6, 6.07) is 15.0. The minimum atomic E-state index is -0.531. The van der Waals surface area contributed by atoms with Gasteiger partial charge in [-0.1, -0.05) is 36.4 Å². The molecule has 0 fully saturated rings. The number of nitrogens with one attached hydrogen (secondary N) is 1. The van der Waals surface area contributed by atoms with Crippen LogP contribution in [0, 0.1) is 0 Å². The molecule has 146 valence electrons. The zero-order chi connectivity index (χ0) is 19.9. The summed E-state index contributed by atoms with van der Waals surface area (Å²) in [5.74, 6) is 0.247. The molecule has 0 atom stereocenters. The van der Waals surface area contributed by atoms with Gasteiger partial charge >= 0.3 is 5.97 Å². The van der Waals surface area contributed by atoms with Gasteiger partial charge in [-0.3, -0.25) is 4.79 Å². The molecule has 0 bridgehead atoms. The number of fused-ring (bicyclic) bond motifs is 1. The Morgan fingerprint density at radius 3 is 2.61 bits per heavy atom. The highest BCUT2D eigenvalue weighted by atomic mass is 16.5. The van der Waals surface area contributed by atoms with E-state index in [0.717, 1.165) is 16.7 Å². The van der Waals surface area contributed by atoms with Gasteiger partial charge in [0.15, 0.2) is 0 Å². The number of aryl methyl sites for hydroxylation is 1. The average Bonchev–Trinajstić information content (AvgIpc) is 3.10. The number of hydrogen-bond acceptors (Lipinski definition) is 5. The van der Waals surface area contributed by atoms with Crippen molar-refractivity contribution in [2.75, 3.05) is 13.7 Å². The van der Waals surface area contributed by atoms with Crippen molar-refractivity contribution in [3.05, 3.63) is 65.4 Å². The van der Waals surface area contributed by atoms with E-state index in [0.29, 0.717) is 24.0 Å². The van der Waals surface area contributed by atoms with Gasteiger partial charge in [0, 0.05) is 23.9 Å². The van der Waals surface area contributed by atoms with Crippen LogP contribution in [-0.4, -0.2) is 25.6 Å². The van der Waals surface area contributed by atoms with Gasteiger partial charge in [0.2, 0.25) is 11.7 Å². The van der Waals surface area contributed by atoms with Crippen molar-refractivity contribution in [3.63, 3.8) is 0 Å². The molecule has 1 N–H and O–H groups in total. The number of ether oxygens (including phenoxy) is 2. The maximum Gasteiger partial charge on any atom is 0.374 e. The Morgan fingerprint density at radius 2 is 1.82 bits per heavy atom. The van der Waals surface area contributed by atoms with E-state index in [1.165, 1.54) is 0 Å². The number of benzene rings is 2. The van der Waals surface area contributed by atoms with Crippen LogP contribution in [0.25, 0.3) is 11.0 Å². The lowest BCUT2D eigenvalue weighted by atomic mass is 10.1. The van der Waals surface area contributed by atoms with Gasteiger partial charge in [-0.05, 0) is 31.0 Å². The number of amides is 1. The molecule has 6 nitrogen and oxygen atoms in total. The predicted octanol–water partition coefficient (Wildman–Crippen LogP) is 3.87. The first-order valence-electron chi connectivity index (χ1n) is 9.20. The summed E-state index contributed by atoms with van der Waals surface area (Å²) in [5.41, 5.74) is 2.18. The molecule has 0 radical (unpaired) electrons. The molecule has 0 aliphatic carbocycles. The molecule has 0 saturated carbocycles. The van der Waals surface area contributed by atoms with Crippen molar-refractivity contribution >= 4 is 22.8 Å². The van der Waals surface area contributed by atoms with Crippen molar-refractivity contribution in [1.82, 2.24) is 5.32 Å². The third kappa shape index (κ3) is 4.34. The summed E-state index contributed by atoms with van der Waals surface area (Å²) in [4.78, 5) is 24.6. The maximum absolute atomic E-state index is 12.4. The predicted molar refractivity (Wildman–Crippen MR) is 105 cm³/mol. The molecule has 0 unspecified atom stereocenters. The van der Waals surface area contributed by atoms with Gasteiger partial charge in [0.05, 0.1) is 13.7 Å². The minimum Gasteiger partial charge on any atom is -0.496 e. The van der Waals surface area contributed by atoms with E-state index in [1.807, 2.05) is 42.5 Å². The molecule has 1 amide bonds. The van der Waals surface area contributed by atoms with Crippen molar-refractivity contribution < 1.29 is 23.5 Å². The van der Waals surface area contributed by atoms with Crippen LogP contribution < -0.4 is 10.1 Å². The summed E-state index contributed by atoms with van der Waals surface area (Å²) in [5, 5.41) is 3.66. The zero-order valence-electron chi connectivity index (χ0n) is 16.0. The maximum atomic E-state index is 12.4. The molecule has 3 aromatic rings. The Bertz CT molecular complexity index is 976. The molecule has 6 heteroatoms. The standard InChI is InChI=1S/C22H23NO5/c1-3-27-22(25)21-17(16-9-5-7-11-19(16)28-21)14-23-20(24)13-12-15-8-4-6-10-18(15)26-2/h4-11H,3,12-14H2,1-2H3,(H,23,24). The number of rotatable bonds is 8. The lowest BCUT2D eigenvalue weighted by Gasteiger charge is -2.09. The van der Waals surface area contributed by atoms with Crippen LogP contribution in [0.15, 0.2) is 52.9 Å². The van der Waals surface area contributed by atoms with E-state index in [1.54, 1.807) is 20.1 Å². The summed E-state index contributed by atoms with van der Waals surface area (Å²) in [7, 11) is 1.61. The van der Waals surface area contributed by atoms with E-state index >= 15 is 0 Å². The first kappa shape index (κ1) is 19.5. The van der Waals surface area contributed by atoms with Gasteiger partial charge in [0.25, 0.3) is 0 Å². The topological polar surface area (TPSA) is 77.8 Å². The van der Waals surface area contributed by atoms with Crippen LogP contribution in [0.2, 0.25) is 0 Å². The lowest BCUT2D eigenvalue weighted by Crippen LogP contribution is -2.24. The molecule has 0 spiro atoms. The molecular formula is C22H23NO5. The Morgan fingerprint density at radius 1 is 1.07 bits per heavy atom. The number of para-hydroxylation sites is 2. The summed E-state index contributed by atoms with van der Waals surface area (Å²) in [6.07, 6.45) is 0.873. The van der Waals surface area contributed by atoms with Crippen LogP contribution in [0.5, 0.6) is 5.75 Å². The number of esters is 1. The second-order valence-corrected chi connectivity index (χ2v) is 6.21. The molecule has 1 heterocycles. The summed E-state index contributed by atoms with van der Waals surface area (Å²) >= 11 is 0. The van der Waals surface area contributed by atoms with Crippen LogP contribution in [-0.2, 0) is 22.5 Å². The molecule has 0 aliphatic heterocycles. The molecule has 1 aromatic heterocycles. The molecule has 3 rings (SSSR count). The fourth-order valence-electron chi connectivity index (χ4n) is 3.07. The highest BCUT2D eigenvalue weighted by Crippen LogP contribution is 2.26. The Kier molecular flexibility index (Phi) is 6.32. The third-order valence-corrected chi connectivity index (χ3v) is 4.44. The Labute approximate surface area is 163 Å². The lowest BCUT2D eigenvalue weighted by molar-refractivity contribution is -0.121. The number of furan rings is 1. The van der Waals surface area contributed by atoms with Crippen LogP contribution >= 0.6 is 0 Å².